The molecule has 0 spiro atoms. The number of hydrogen-bond donors (Lipinski definition) is 1. The van der Waals surface area contributed by atoms with Crippen LogP contribution >= 0.6 is 15.9 Å². The van der Waals surface area contributed by atoms with Crippen LogP contribution in [0, 0.1) is 5.41 Å². The van der Waals surface area contributed by atoms with Crippen LogP contribution in [0.4, 0.5) is 5.69 Å². The lowest BCUT2D eigenvalue weighted by molar-refractivity contribution is 0.134. The SMILES string of the molecule is CC(N(C)Cc1ccc(Br)c(N)c1)C(C)(C)C. The lowest BCUT2D eigenvalue weighted by Crippen LogP contribution is -2.38. The van der Waals surface area contributed by atoms with E-state index in [1.807, 2.05) is 12.1 Å². The third-order valence-electron chi connectivity index (χ3n) is 3.41. The van der Waals surface area contributed by atoms with Crippen molar-refractivity contribution in [2.75, 3.05) is 12.8 Å². The lowest BCUT2D eigenvalue weighted by Gasteiger charge is -2.35. The number of rotatable bonds is 3. The standard InChI is InChI=1S/C14H23BrN2/c1-10(14(2,3)4)17(5)9-11-6-7-12(15)13(16)8-11/h6-8,10H,9,16H2,1-5H3. The van der Waals surface area contributed by atoms with Gasteiger partial charge in [0.15, 0.2) is 0 Å². The van der Waals surface area contributed by atoms with Gasteiger partial charge in [-0.1, -0.05) is 26.8 Å². The van der Waals surface area contributed by atoms with E-state index in [0.29, 0.717) is 6.04 Å². The highest BCUT2D eigenvalue weighted by molar-refractivity contribution is 9.10. The Morgan fingerprint density at radius 2 is 1.94 bits per heavy atom. The highest BCUT2D eigenvalue weighted by atomic mass is 79.9. The molecule has 0 saturated carbocycles. The first-order valence-corrected chi connectivity index (χ1v) is 6.75. The van der Waals surface area contributed by atoms with E-state index in [2.05, 4.69) is 61.6 Å². The van der Waals surface area contributed by atoms with E-state index in [4.69, 9.17) is 5.73 Å². The zero-order valence-corrected chi connectivity index (χ0v) is 13.0. The van der Waals surface area contributed by atoms with Gasteiger partial charge < -0.3 is 5.73 Å². The average molecular weight is 299 g/mol. The van der Waals surface area contributed by atoms with Crippen LogP contribution in [0.3, 0.4) is 0 Å². The third kappa shape index (κ3) is 4.00. The van der Waals surface area contributed by atoms with Gasteiger partial charge in [0.2, 0.25) is 0 Å². The Labute approximate surface area is 113 Å². The summed E-state index contributed by atoms with van der Waals surface area (Å²) >= 11 is 3.42. The van der Waals surface area contributed by atoms with Crippen LogP contribution in [-0.2, 0) is 6.54 Å². The molecule has 1 aromatic carbocycles. The summed E-state index contributed by atoms with van der Waals surface area (Å²) in [5.74, 6) is 0. The van der Waals surface area contributed by atoms with Gasteiger partial charge in [0.05, 0.1) is 0 Å². The Bertz CT molecular complexity index is 382. The van der Waals surface area contributed by atoms with Gasteiger partial charge in [-0.2, -0.15) is 0 Å². The van der Waals surface area contributed by atoms with Gasteiger partial charge in [0.1, 0.15) is 0 Å². The Balaban J connectivity index is 2.74. The molecule has 0 saturated heterocycles. The molecule has 0 aromatic heterocycles. The second kappa shape index (κ2) is 5.40. The van der Waals surface area contributed by atoms with Crippen LogP contribution in [0.25, 0.3) is 0 Å². The molecular weight excluding hydrogens is 276 g/mol. The fourth-order valence-corrected chi connectivity index (χ4v) is 2.02. The lowest BCUT2D eigenvalue weighted by atomic mass is 9.87. The smallest absolute Gasteiger partial charge is 0.0461 e. The molecule has 3 heteroatoms. The second-order valence-corrected chi connectivity index (χ2v) is 6.67. The van der Waals surface area contributed by atoms with Crippen molar-refractivity contribution in [1.82, 2.24) is 4.90 Å². The molecule has 96 valence electrons. The van der Waals surface area contributed by atoms with Crippen molar-refractivity contribution in [3.05, 3.63) is 28.2 Å². The fourth-order valence-electron chi connectivity index (χ4n) is 1.78. The molecule has 1 atom stereocenters. The van der Waals surface area contributed by atoms with Crippen LogP contribution in [0.1, 0.15) is 33.3 Å². The zero-order chi connectivity index (χ0) is 13.2. The van der Waals surface area contributed by atoms with Crippen molar-refractivity contribution in [3.63, 3.8) is 0 Å². The predicted molar refractivity (Wildman–Crippen MR) is 78.9 cm³/mol. The molecule has 0 amide bonds. The number of benzene rings is 1. The third-order valence-corrected chi connectivity index (χ3v) is 4.13. The van der Waals surface area contributed by atoms with Gasteiger partial charge in [-0.3, -0.25) is 4.90 Å². The number of nitrogen functional groups attached to an aromatic ring is 1. The predicted octanol–water partition coefficient (Wildman–Crippen LogP) is 3.90. The molecule has 2 N–H and O–H groups in total. The first kappa shape index (κ1) is 14.5. The van der Waals surface area contributed by atoms with Crippen molar-refractivity contribution in [1.29, 1.82) is 0 Å². The number of hydrogen-bond acceptors (Lipinski definition) is 2. The second-order valence-electron chi connectivity index (χ2n) is 5.81. The molecule has 0 bridgehead atoms. The minimum atomic E-state index is 0.287. The number of halogens is 1. The number of anilines is 1. The monoisotopic (exact) mass is 298 g/mol. The summed E-state index contributed by atoms with van der Waals surface area (Å²) in [5, 5.41) is 0. The van der Waals surface area contributed by atoms with E-state index in [-0.39, 0.29) is 5.41 Å². The Hall–Kier alpha value is -0.540. The van der Waals surface area contributed by atoms with E-state index >= 15 is 0 Å². The Morgan fingerprint density at radius 1 is 1.35 bits per heavy atom. The largest absolute Gasteiger partial charge is 0.398 e. The number of nitrogens with zero attached hydrogens (tertiary/aromatic N) is 1. The van der Waals surface area contributed by atoms with E-state index in [1.165, 1.54) is 5.56 Å². The van der Waals surface area contributed by atoms with Crippen LogP contribution < -0.4 is 5.73 Å². The summed E-state index contributed by atoms with van der Waals surface area (Å²) in [5.41, 5.74) is 8.24. The molecule has 0 fully saturated rings. The van der Waals surface area contributed by atoms with Gasteiger partial charge >= 0.3 is 0 Å². The van der Waals surface area contributed by atoms with Gasteiger partial charge in [0, 0.05) is 22.7 Å². The highest BCUT2D eigenvalue weighted by Gasteiger charge is 2.23. The van der Waals surface area contributed by atoms with Crippen LogP contribution in [0.15, 0.2) is 22.7 Å². The molecule has 0 radical (unpaired) electrons. The summed E-state index contributed by atoms with van der Waals surface area (Å²) in [7, 11) is 2.16. The van der Waals surface area contributed by atoms with Gasteiger partial charge in [-0.25, -0.2) is 0 Å². The molecule has 17 heavy (non-hydrogen) atoms. The molecule has 1 rings (SSSR count). The van der Waals surface area contributed by atoms with Gasteiger partial charge in [-0.05, 0) is 53.0 Å². The zero-order valence-electron chi connectivity index (χ0n) is 11.4. The molecule has 1 unspecified atom stereocenters. The maximum Gasteiger partial charge on any atom is 0.0461 e. The summed E-state index contributed by atoms with van der Waals surface area (Å²) in [6, 6.07) is 6.69. The molecule has 0 aliphatic heterocycles. The summed E-state index contributed by atoms with van der Waals surface area (Å²) in [6.45, 7) is 10.00. The average Bonchev–Trinajstić information content (AvgIpc) is 2.21. The molecule has 2 nitrogen and oxygen atoms in total. The summed E-state index contributed by atoms with van der Waals surface area (Å²) in [4.78, 5) is 2.36. The van der Waals surface area contributed by atoms with Crippen LogP contribution in [0.2, 0.25) is 0 Å². The Morgan fingerprint density at radius 3 is 2.41 bits per heavy atom. The highest BCUT2D eigenvalue weighted by Crippen LogP contribution is 2.25. The van der Waals surface area contributed by atoms with Crippen molar-refractivity contribution >= 4 is 21.6 Å². The summed E-state index contributed by atoms with van der Waals surface area (Å²) < 4.78 is 0.966. The van der Waals surface area contributed by atoms with E-state index < -0.39 is 0 Å². The topological polar surface area (TPSA) is 29.3 Å². The summed E-state index contributed by atoms with van der Waals surface area (Å²) in [6.07, 6.45) is 0. The van der Waals surface area contributed by atoms with Crippen molar-refractivity contribution in [2.45, 2.75) is 40.3 Å². The molecule has 0 aliphatic rings. The molecular formula is C14H23BrN2. The van der Waals surface area contributed by atoms with Crippen molar-refractivity contribution in [3.8, 4) is 0 Å². The van der Waals surface area contributed by atoms with Crippen molar-refractivity contribution < 1.29 is 0 Å². The van der Waals surface area contributed by atoms with Gasteiger partial charge in [-0.15, -0.1) is 0 Å². The quantitative estimate of drug-likeness (QED) is 0.858. The molecule has 0 heterocycles. The van der Waals surface area contributed by atoms with Gasteiger partial charge in [0.25, 0.3) is 0 Å². The van der Waals surface area contributed by atoms with Crippen LogP contribution in [-0.4, -0.2) is 18.0 Å². The number of nitrogens with two attached hydrogens (primary N) is 1. The van der Waals surface area contributed by atoms with Crippen LogP contribution in [0.5, 0.6) is 0 Å². The minimum Gasteiger partial charge on any atom is -0.398 e. The maximum atomic E-state index is 5.89. The van der Waals surface area contributed by atoms with E-state index in [9.17, 15) is 0 Å². The Kier molecular flexibility index (Phi) is 4.62. The minimum absolute atomic E-state index is 0.287. The molecule has 0 aliphatic carbocycles. The first-order valence-electron chi connectivity index (χ1n) is 5.96. The maximum absolute atomic E-state index is 5.89. The van der Waals surface area contributed by atoms with Crippen molar-refractivity contribution in [2.24, 2.45) is 5.41 Å². The molecule has 1 aromatic rings. The fraction of sp³-hybridized carbons (Fsp3) is 0.571. The van der Waals surface area contributed by atoms with E-state index in [0.717, 1.165) is 16.7 Å². The normalized spacial score (nSPS) is 14.1. The van der Waals surface area contributed by atoms with E-state index in [1.54, 1.807) is 0 Å². The first-order chi connectivity index (χ1) is 7.71.